The second-order valence-electron chi connectivity index (χ2n) is 6.54. The molecule has 6 heteroatoms. The first kappa shape index (κ1) is 16.1. The number of hydrogen-bond donors (Lipinski definition) is 3. The van der Waals surface area contributed by atoms with Crippen molar-refractivity contribution < 1.29 is 14.6 Å². The molecule has 21 heavy (non-hydrogen) atoms. The van der Waals surface area contributed by atoms with Gasteiger partial charge in [-0.25, -0.2) is 4.79 Å². The van der Waals surface area contributed by atoms with Crippen molar-refractivity contribution in [1.82, 2.24) is 0 Å². The van der Waals surface area contributed by atoms with Crippen LogP contribution < -0.4 is 11.1 Å². The van der Waals surface area contributed by atoms with Gasteiger partial charge < -0.3 is 15.6 Å². The number of hydrogen-bond acceptors (Lipinski definition) is 4. The van der Waals surface area contributed by atoms with Gasteiger partial charge in [0.15, 0.2) is 0 Å². The SMILES string of the molecule is CC(C)(C)OC(=O)Nc1cc(C2(N)CC(O)C2)ccc1Cl. The van der Waals surface area contributed by atoms with E-state index in [2.05, 4.69) is 5.32 Å². The highest BCUT2D eigenvalue weighted by Gasteiger charge is 2.41. The Morgan fingerprint density at radius 2 is 2.10 bits per heavy atom. The van der Waals surface area contributed by atoms with Crippen molar-refractivity contribution in [3.05, 3.63) is 28.8 Å². The smallest absolute Gasteiger partial charge is 0.412 e. The zero-order valence-corrected chi connectivity index (χ0v) is 13.2. The van der Waals surface area contributed by atoms with E-state index in [0.29, 0.717) is 23.6 Å². The van der Waals surface area contributed by atoms with Crippen LogP contribution in [0, 0.1) is 0 Å². The second kappa shape index (κ2) is 5.48. The molecule has 1 aliphatic rings. The molecule has 0 saturated heterocycles. The molecule has 0 aromatic heterocycles. The molecule has 116 valence electrons. The molecule has 0 unspecified atom stereocenters. The van der Waals surface area contributed by atoms with E-state index >= 15 is 0 Å². The fourth-order valence-corrected chi connectivity index (χ4v) is 2.53. The third-order valence-electron chi connectivity index (χ3n) is 3.38. The van der Waals surface area contributed by atoms with E-state index in [1.54, 1.807) is 32.9 Å². The number of carbonyl (C=O) groups is 1. The summed E-state index contributed by atoms with van der Waals surface area (Å²) >= 11 is 6.09. The van der Waals surface area contributed by atoms with Gasteiger partial charge in [-0.3, -0.25) is 5.32 Å². The zero-order chi connectivity index (χ0) is 15.8. The number of nitrogens with two attached hydrogens (primary N) is 1. The molecule has 1 aromatic rings. The standard InChI is InChI=1S/C15H21ClN2O3/c1-14(2,3)21-13(20)18-12-6-9(4-5-11(12)16)15(17)7-10(19)8-15/h4-6,10,19H,7-8,17H2,1-3H3,(H,18,20). The van der Waals surface area contributed by atoms with Crippen LogP contribution in [0.2, 0.25) is 5.02 Å². The molecule has 1 fully saturated rings. The molecule has 5 nitrogen and oxygen atoms in total. The van der Waals surface area contributed by atoms with Gasteiger partial charge in [-0.05, 0) is 51.3 Å². The van der Waals surface area contributed by atoms with Gasteiger partial charge in [0.1, 0.15) is 5.60 Å². The van der Waals surface area contributed by atoms with Crippen LogP contribution in [-0.2, 0) is 10.3 Å². The highest BCUT2D eigenvalue weighted by Crippen LogP contribution is 2.40. The summed E-state index contributed by atoms with van der Waals surface area (Å²) in [5.74, 6) is 0. The lowest BCUT2D eigenvalue weighted by atomic mass is 9.70. The van der Waals surface area contributed by atoms with Crippen molar-refractivity contribution in [2.45, 2.75) is 50.9 Å². The molecule has 0 radical (unpaired) electrons. The molecular weight excluding hydrogens is 292 g/mol. The van der Waals surface area contributed by atoms with Gasteiger partial charge in [-0.1, -0.05) is 17.7 Å². The predicted octanol–water partition coefficient (Wildman–Crippen LogP) is 3.00. The number of carbonyl (C=O) groups excluding carboxylic acids is 1. The van der Waals surface area contributed by atoms with Gasteiger partial charge >= 0.3 is 6.09 Å². The number of halogens is 1. The highest BCUT2D eigenvalue weighted by atomic mass is 35.5. The highest BCUT2D eigenvalue weighted by molar-refractivity contribution is 6.33. The summed E-state index contributed by atoms with van der Waals surface area (Å²) in [7, 11) is 0. The summed E-state index contributed by atoms with van der Waals surface area (Å²) in [6.07, 6.45) is 0.0651. The summed E-state index contributed by atoms with van der Waals surface area (Å²) in [4.78, 5) is 11.8. The van der Waals surface area contributed by atoms with Crippen molar-refractivity contribution in [2.75, 3.05) is 5.32 Å². The van der Waals surface area contributed by atoms with E-state index in [1.807, 2.05) is 6.07 Å². The molecule has 4 N–H and O–H groups in total. The average molecular weight is 313 g/mol. The average Bonchev–Trinajstić information content (AvgIpc) is 2.27. The Labute approximate surface area is 129 Å². The first-order chi connectivity index (χ1) is 9.59. The molecule has 0 aliphatic heterocycles. The fraction of sp³-hybridized carbons (Fsp3) is 0.533. The van der Waals surface area contributed by atoms with Gasteiger partial charge in [0.25, 0.3) is 0 Å². The Hall–Kier alpha value is -1.30. The molecule has 0 bridgehead atoms. The van der Waals surface area contributed by atoms with E-state index < -0.39 is 17.2 Å². The second-order valence-corrected chi connectivity index (χ2v) is 6.95. The van der Waals surface area contributed by atoms with Crippen LogP contribution in [0.25, 0.3) is 0 Å². The van der Waals surface area contributed by atoms with Crippen LogP contribution in [0.15, 0.2) is 18.2 Å². The van der Waals surface area contributed by atoms with Crippen molar-refractivity contribution in [3.63, 3.8) is 0 Å². The summed E-state index contributed by atoms with van der Waals surface area (Å²) < 4.78 is 5.20. The summed E-state index contributed by atoms with van der Waals surface area (Å²) in [6, 6.07) is 5.23. The molecule has 1 aromatic carbocycles. The maximum Gasteiger partial charge on any atom is 0.412 e. The van der Waals surface area contributed by atoms with E-state index in [4.69, 9.17) is 22.1 Å². The van der Waals surface area contributed by atoms with Gasteiger partial charge in [0, 0.05) is 5.54 Å². The van der Waals surface area contributed by atoms with Crippen molar-refractivity contribution in [3.8, 4) is 0 Å². The van der Waals surface area contributed by atoms with Crippen molar-refractivity contribution in [1.29, 1.82) is 0 Å². The Morgan fingerprint density at radius 1 is 1.48 bits per heavy atom. The number of nitrogens with one attached hydrogen (secondary N) is 1. The summed E-state index contributed by atoms with van der Waals surface area (Å²) in [5.41, 5.74) is 6.37. The van der Waals surface area contributed by atoms with E-state index in [9.17, 15) is 9.90 Å². The number of anilines is 1. The lowest BCUT2D eigenvalue weighted by molar-refractivity contribution is 0.0209. The van der Waals surface area contributed by atoms with E-state index in [1.165, 1.54) is 0 Å². The number of aliphatic hydroxyl groups is 1. The van der Waals surface area contributed by atoms with Crippen LogP contribution in [0.5, 0.6) is 0 Å². The molecule has 2 rings (SSSR count). The molecule has 1 amide bonds. The number of rotatable bonds is 2. The van der Waals surface area contributed by atoms with Crippen molar-refractivity contribution >= 4 is 23.4 Å². The van der Waals surface area contributed by atoms with E-state index in [0.717, 1.165) is 5.56 Å². The first-order valence-corrected chi connectivity index (χ1v) is 7.24. The monoisotopic (exact) mass is 312 g/mol. The fourth-order valence-electron chi connectivity index (χ4n) is 2.36. The topological polar surface area (TPSA) is 84.6 Å². The predicted molar refractivity (Wildman–Crippen MR) is 82.4 cm³/mol. The Morgan fingerprint density at radius 3 is 2.62 bits per heavy atom. The van der Waals surface area contributed by atoms with Gasteiger partial charge in [0.05, 0.1) is 16.8 Å². The number of amides is 1. The van der Waals surface area contributed by atoms with Crippen LogP contribution in [0.3, 0.4) is 0 Å². The number of ether oxygens (including phenoxy) is 1. The Bertz CT molecular complexity index is 548. The summed E-state index contributed by atoms with van der Waals surface area (Å²) in [6.45, 7) is 5.36. The molecule has 0 atom stereocenters. The van der Waals surface area contributed by atoms with Gasteiger partial charge in [0.2, 0.25) is 0 Å². The van der Waals surface area contributed by atoms with Crippen LogP contribution >= 0.6 is 11.6 Å². The van der Waals surface area contributed by atoms with Gasteiger partial charge in [-0.2, -0.15) is 0 Å². The molecule has 1 aliphatic carbocycles. The minimum Gasteiger partial charge on any atom is -0.444 e. The van der Waals surface area contributed by atoms with Crippen LogP contribution in [0.1, 0.15) is 39.2 Å². The number of benzene rings is 1. The van der Waals surface area contributed by atoms with Crippen LogP contribution in [0.4, 0.5) is 10.5 Å². The third-order valence-corrected chi connectivity index (χ3v) is 3.71. The molecule has 0 spiro atoms. The van der Waals surface area contributed by atoms with Crippen molar-refractivity contribution in [2.24, 2.45) is 5.73 Å². The maximum absolute atomic E-state index is 11.8. The van der Waals surface area contributed by atoms with E-state index in [-0.39, 0.29) is 6.10 Å². The van der Waals surface area contributed by atoms with Gasteiger partial charge in [-0.15, -0.1) is 0 Å². The first-order valence-electron chi connectivity index (χ1n) is 6.86. The largest absolute Gasteiger partial charge is 0.444 e. The zero-order valence-electron chi connectivity index (χ0n) is 12.4. The number of aliphatic hydroxyl groups excluding tert-OH is 1. The third kappa shape index (κ3) is 3.87. The minimum atomic E-state index is -0.582. The Balaban J connectivity index is 2.15. The minimum absolute atomic E-state index is 0.368. The van der Waals surface area contributed by atoms with Crippen LogP contribution in [-0.4, -0.2) is 22.9 Å². The molecule has 0 heterocycles. The maximum atomic E-state index is 11.8. The lowest BCUT2D eigenvalue weighted by Gasteiger charge is -2.42. The summed E-state index contributed by atoms with van der Waals surface area (Å²) in [5, 5.41) is 12.5. The Kier molecular flexibility index (Phi) is 4.19. The molecular formula is C15H21ClN2O3. The quantitative estimate of drug-likeness (QED) is 0.783. The normalized spacial score (nSPS) is 25.1. The lowest BCUT2D eigenvalue weighted by Crippen LogP contribution is -2.51. The molecule has 1 saturated carbocycles.